The summed E-state index contributed by atoms with van der Waals surface area (Å²) in [7, 11) is -2.28. The third kappa shape index (κ3) is 16.7. The summed E-state index contributed by atoms with van der Waals surface area (Å²) < 4.78 is 51.4. The van der Waals surface area contributed by atoms with Gasteiger partial charge in [0.05, 0.1) is 19.8 Å². The summed E-state index contributed by atoms with van der Waals surface area (Å²) in [6.07, 6.45) is 10.0. The average molecular weight is 631 g/mol. The number of nitrogens with zero attached hydrogens (tertiary/aromatic N) is 2. The van der Waals surface area contributed by atoms with Crippen molar-refractivity contribution in [2.75, 3.05) is 33.8 Å². The normalized spacial score (nSPS) is 15.1. The Labute approximate surface area is 250 Å². The van der Waals surface area contributed by atoms with Gasteiger partial charge in [-0.25, -0.2) is 0 Å². The van der Waals surface area contributed by atoms with Gasteiger partial charge in [-0.3, -0.25) is 0 Å². The molecule has 1 aliphatic carbocycles. The van der Waals surface area contributed by atoms with E-state index in [1.807, 2.05) is 32.1 Å². The Morgan fingerprint density at radius 3 is 1.02 bits per heavy atom. The molecular formula is C29H34BF4FeN2OP2. The molecule has 40 heavy (non-hydrogen) atoms. The van der Waals surface area contributed by atoms with Gasteiger partial charge in [-0.1, -0.05) is 91.0 Å². The van der Waals surface area contributed by atoms with Crippen LogP contribution in [0.3, 0.4) is 0 Å². The molecule has 1 saturated carbocycles. The van der Waals surface area contributed by atoms with Gasteiger partial charge in [0.1, 0.15) is 8.22 Å². The molecular weight excluding hydrogens is 597 g/mol. The fourth-order valence-corrected chi connectivity index (χ4v) is 7.15. The standard InChI is InChI=1S/C18H15P.C5H13N2P.C5H5.CO.BF4.Fe/c1-4-10-16(11-5-1)19(17-12-6-2-7-13-17)18-14-8-3-9-15-18;1-6-4-5-7(2)8(6)3;1-2-4-5-3-1;1-2;2-1(3,4)5;/h1-15H;4-5H2,1-3H3;1-5H;;;/q;;;;-1;/p+1. The average Bonchev–Trinajstić information content (AvgIpc) is 3.62. The molecule has 0 N–H and O–H groups in total. The maximum atomic E-state index is 9.75. The molecule has 0 amide bonds. The number of benzene rings is 3. The SMILES string of the molecule is CN1CCN(C)[PH+]1C.F[B-](F)(F)F.[C-]#[O+].[CH]1[CH][CH][CH][CH]1.[Fe].c1ccc(P(c2ccccc2)c2ccccc2)cc1. The predicted octanol–water partition coefficient (Wildman–Crippen LogP) is 6.26. The maximum Gasteiger partial charge on any atom is 0 e. The molecule has 215 valence electrons. The zero-order valence-electron chi connectivity index (χ0n) is 22.7. The molecule has 1 aliphatic heterocycles. The third-order valence-electron chi connectivity index (χ3n) is 5.47. The second kappa shape index (κ2) is 22.1. The van der Waals surface area contributed by atoms with Gasteiger partial charge < -0.3 is 17.3 Å². The first kappa shape index (κ1) is 38.5. The molecule has 0 spiro atoms. The van der Waals surface area contributed by atoms with Crippen molar-refractivity contribution < 1.29 is 39.0 Å². The second-order valence-corrected chi connectivity index (χ2v) is 13.0. The van der Waals surface area contributed by atoms with E-state index in [1.165, 1.54) is 29.0 Å². The van der Waals surface area contributed by atoms with Crippen LogP contribution in [-0.4, -0.2) is 50.4 Å². The van der Waals surface area contributed by atoms with Crippen LogP contribution in [0, 0.1) is 38.8 Å². The molecule has 0 atom stereocenters. The molecule has 5 rings (SSSR count). The molecule has 1 heterocycles. The summed E-state index contributed by atoms with van der Waals surface area (Å²) in [6, 6.07) is 32.3. The Kier molecular flexibility index (Phi) is 21.3. The van der Waals surface area contributed by atoms with Gasteiger partial charge in [0.2, 0.25) is 0 Å². The summed E-state index contributed by atoms with van der Waals surface area (Å²) in [5.74, 6) is 0. The fourth-order valence-electron chi connectivity index (χ4n) is 3.41. The van der Waals surface area contributed by atoms with E-state index in [2.05, 4.69) is 128 Å². The van der Waals surface area contributed by atoms with Crippen LogP contribution in [0.2, 0.25) is 0 Å². The van der Waals surface area contributed by atoms with E-state index in [9.17, 15) is 17.3 Å². The van der Waals surface area contributed by atoms with Crippen molar-refractivity contribution in [3.05, 3.63) is 130 Å². The fraction of sp³-hybridized carbons (Fsp3) is 0.172. The number of likely N-dealkylation sites (N-methyl/N-ethyl adjacent to an activating group) is 2. The van der Waals surface area contributed by atoms with Crippen LogP contribution >= 0.6 is 16.1 Å². The summed E-state index contributed by atoms with van der Waals surface area (Å²) in [4.78, 5) is 0. The predicted molar refractivity (Wildman–Crippen MR) is 160 cm³/mol. The molecule has 2 aliphatic rings. The van der Waals surface area contributed by atoms with Crippen LogP contribution in [0.5, 0.6) is 0 Å². The van der Waals surface area contributed by atoms with Crippen molar-refractivity contribution in [1.82, 2.24) is 9.34 Å². The van der Waals surface area contributed by atoms with E-state index in [4.69, 9.17) is 4.65 Å². The van der Waals surface area contributed by atoms with Gasteiger partial charge in [-0.05, 0) is 55.9 Å². The molecule has 0 bridgehead atoms. The van der Waals surface area contributed by atoms with Crippen molar-refractivity contribution in [3.63, 3.8) is 0 Å². The first-order valence-electron chi connectivity index (χ1n) is 12.1. The van der Waals surface area contributed by atoms with Gasteiger partial charge in [0, 0.05) is 31.2 Å². The van der Waals surface area contributed by atoms with E-state index in [0.717, 1.165) is 0 Å². The number of hydrogen-bond acceptors (Lipinski definition) is 2. The minimum absolute atomic E-state index is 0. The summed E-state index contributed by atoms with van der Waals surface area (Å²) in [6.45, 7) is 9.36. The minimum Gasteiger partial charge on any atom is -0.0622 e. The van der Waals surface area contributed by atoms with Gasteiger partial charge in [-0.2, -0.15) is 9.34 Å². The topological polar surface area (TPSA) is 26.4 Å². The molecule has 11 heteroatoms. The third-order valence-corrected chi connectivity index (χ3v) is 10.6. The van der Waals surface area contributed by atoms with Crippen LogP contribution in [0.4, 0.5) is 17.3 Å². The van der Waals surface area contributed by atoms with E-state index < -0.39 is 15.2 Å². The smallest absolute Gasteiger partial charge is 0 e. The van der Waals surface area contributed by atoms with Crippen molar-refractivity contribution in [3.8, 4) is 0 Å². The Bertz CT molecular complexity index is 916. The zero-order chi connectivity index (χ0) is 29.1. The quantitative estimate of drug-likeness (QED) is 0.112. The van der Waals surface area contributed by atoms with Gasteiger partial charge >= 0.3 is 18.6 Å². The Morgan fingerprint density at radius 1 is 0.625 bits per heavy atom. The minimum atomic E-state index is -6.00. The van der Waals surface area contributed by atoms with E-state index >= 15 is 0 Å². The van der Waals surface area contributed by atoms with Gasteiger partial charge in [-0.15, -0.1) is 0 Å². The van der Waals surface area contributed by atoms with Crippen molar-refractivity contribution >= 4 is 39.3 Å². The molecule has 3 aromatic carbocycles. The van der Waals surface area contributed by atoms with Crippen molar-refractivity contribution in [2.45, 2.75) is 0 Å². The number of rotatable bonds is 3. The molecule has 0 unspecified atom stereocenters. The Morgan fingerprint density at radius 2 is 0.850 bits per heavy atom. The van der Waals surface area contributed by atoms with Crippen LogP contribution in [0.15, 0.2) is 91.0 Å². The largest absolute Gasteiger partial charge is 0.0622 e. The van der Waals surface area contributed by atoms with Gasteiger partial charge in [0.25, 0.3) is 0 Å². The number of hydrogen-bond donors (Lipinski definition) is 0. The van der Waals surface area contributed by atoms with Crippen molar-refractivity contribution in [1.29, 1.82) is 0 Å². The van der Waals surface area contributed by atoms with Crippen LogP contribution in [-0.2, 0) is 21.7 Å². The Balaban J connectivity index is 0.000000598. The molecule has 5 radical (unpaired) electrons. The molecule has 3 aromatic rings. The first-order valence-corrected chi connectivity index (χ1v) is 15.4. The van der Waals surface area contributed by atoms with Crippen molar-refractivity contribution in [2.24, 2.45) is 0 Å². The van der Waals surface area contributed by atoms with E-state index in [1.54, 1.807) is 0 Å². The summed E-state index contributed by atoms with van der Waals surface area (Å²) in [5.41, 5.74) is 0. The zero-order valence-corrected chi connectivity index (χ0v) is 25.7. The second-order valence-electron chi connectivity index (χ2n) is 8.19. The van der Waals surface area contributed by atoms with E-state index in [0.29, 0.717) is 0 Å². The summed E-state index contributed by atoms with van der Waals surface area (Å²) >= 11 is 0. The van der Waals surface area contributed by atoms with Crippen LogP contribution in [0.25, 0.3) is 0 Å². The molecule has 1 saturated heterocycles. The maximum absolute atomic E-state index is 9.75. The van der Waals surface area contributed by atoms with Crippen LogP contribution in [0.1, 0.15) is 0 Å². The van der Waals surface area contributed by atoms with Gasteiger partial charge in [0.15, 0.2) is 0 Å². The number of halogens is 4. The molecule has 0 aromatic heterocycles. The van der Waals surface area contributed by atoms with E-state index in [-0.39, 0.29) is 25.3 Å². The monoisotopic (exact) mass is 631 g/mol. The summed E-state index contributed by atoms with van der Waals surface area (Å²) in [5, 5.41) is 4.19. The molecule has 2 fully saturated rings. The molecule has 3 nitrogen and oxygen atoms in total. The first-order chi connectivity index (χ1) is 18.7. The van der Waals surface area contributed by atoms with Crippen LogP contribution < -0.4 is 15.9 Å². The Hall–Kier alpha value is -1.52.